The van der Waals surface area contributed by atoms with Crippen LogP contribution in [0, 0.1) is 0 Å². The summed E-state index contributed by atoms with van der Waals surface area (Å²) in [4.78, 5) is 2.31. The Hall–Kier alpha value is -8.08. The molecule has 3 aromatic heterocycles. The number of para-hydroxylation sites is 4. The monoisotopic (exact) mass is 768 g/mol. The molecule has 282 valence electrons. The zero-order chi connectivity index (χ0) is 39.6. The molecule has 0 aliphatic carbocycles. The van der Waals surface area contributed by atoms with Gasteiger partial charge in [0.2, 0.25) is 5.71 Å². The molecule has 4 heteroatoms. The van der Waals surface area contributed by atoms with Crippen molar-refractivity contribution in [3.8, 4) is 39.1 Å². The van der Waals surface area contributed by atoms with E-state index in [-0.39, 0.29) is 0 Å². The topological polar surface area (TPSA) is 34.5 Å². The molecule has 0 amide bonds. The number of anilines is 3. The number of rotatable bonds is 7. The molecule has 3 heterocycles. The average molecular weight is 769 g/mol. The van der Waals surface area contributed by atoms with Gasteiger partial charge in [-0.1, -0.05) is 164 Å². The van der Waals surface area contributed by atoms with Gasteiger partial charge in [0.05, 0.1) is 16.6 Å². The van der Waals surface area contributed by atoms with Crippen LogP contribution < -0.4 is 4.90 Å². The molecule has 0 aliphatic rings. The minimum atomic E-state index is 0.844. The summed E-state index contributed by atoms with van der Waals surface area (Å²) in [5, 5.41) is 5.60. The van der Waals surface area contributed by atoms with E-state index in [1.165, 1.54) is 16.5 Å². The molecule has 0 radical (unpaired) electrons. The van der Waals surface area contributed by atoms with Gasteiger partial charge in [0.25, 0.3) is 0 Å². The first-order chi connectivity index (χ1) is 29.8. The van der Waals surface area contributed by atoms with Crippen molar-refractivity contribution in [1.82, 2.24) is 4.57 Å². The van der Waals surface area contributed by atoms with Gasteiger partial charge in [0.1, 0.15) is 11.2 Å². The van der Waals surface area contributed by atoms with E-state index in [0.717, 1.165) is 94.5 Å². The van der Waals surface area contributed by atoms with Gasteiger partial charge >= 0.3 is 0 Å². The normalized spacial score (nSPS) is 11.7. The van der Waals surface area contributed by atoms with Crippen LogP contribution in [-0.2, 0) is 0 Å². The summed E-state index contributed by atoms with van der Waals surface area (Å²) >= 11 is 0. The zero-order valence-corrected chi connectivity index (χ0v) is 32.5. The Kier molecular flexibility index (Phi) is 7.82. The van der Waals surface area contributed by atoms with Crippen molar-refractivity contribution in [3.05, 3.63) is 218 Å². The molecular weight excluding hydrogens is 733 g/mol. The minimum absolute atomic E-state index is 0.844. The third-order valence-electron chi connectivity index (χ3n) is 11.8. The largest absolute Gasteiger partial charge is 0.453 e. The fourth-order valence-electron chi connectivity index (χ4n) is 8.99. The third kappa shape index (κ3) is 5.46. The van der Waals surface area contributed by atoms with Crippen molar-refractivity contribution in [1.29, 1.82) is 0 Å². The van der Waals surface area contributed by atoms with Crippen LogP contribution in [0.2, 0.25) is 0 Å². The highest BCUT2D eigenvalue weighted by Crippen LogP contribution is 2.45. The maximum atomic E-state index is 6.96. The van der Waals surface area contributed by atoms with Crippen LogP contribution in [0.25, 0.3) is 94.0 Å². The molecule has 0 N–H and O–H groups in total. The lowest BCUT2D eigenvalue weighted by molar-refractivity contribution is 0.645. The Labute approximate surface area is 346 Å². The first kappa shape index (κ1) is 34.0. The van der Waals surface area contributed by atoms with Gasteiger partial charge in [-0.05, 0) is 82.4 Å². The summed E-state index contributed by atoms with van der Waals surface area (Å²) in [5.41, 5.74) is 15.5. The molecule has 4 nitrogen and oxygen atoms in total. The van der Waals surface area contributed by atoms with E-state index in [4.69, 9.17) is 8.83 Å². The van der Waals surface area contributed by atoms with Crippen molar-refractivity contribution in [2.24, 2.45) is 0 Å². The van der Waals surface area contributed by atoms with Crippen LogP contribution in [0.3, 0.4) is 0 Å². The fourth-order valence-corrected chi connectivity index (χ4v) is 8.99. The van der Waals surface area contributed by atoms with Gasteiger partial charge in [-0.25, -0.2) is 0 Å². The third-order valence-corrected chi connectivity index (χ3v) is 11.8. The molecular formula is C56H36N2O2. The maximum absolute atomic E-state index is 6.96. The van der Waals surface area contributed by atoms with Crippen molar-refractivity contribution < 1.29 is 8.83 Å². The lowest BCUT2D eigenvalue weighted by Crippen LogP contribution is -2.10. The molecule has 0 atom stereocenters. The lowest BCUT2D eigenvalue weighted by Gasteiger charge is -2.26. The molecule has 9 aromatic carbocycles. The molecule has 0 saturated heterocycles. The number of benzene rings is 9. The highest BCUT2D eigenvalue weighted by Gasteiger charge is 2.22. The number of nitrogens with zero attached hydrogens (tertiary/aromatic N) is 2. The highest BCUT2D eigenvalue weighted by atomic mass is 16.3. The molecule has 0 bridgehead atoms. The van der Waals surface area contributed by atoms with E-state index in [1.54, 1.807) is 0 Å². The zero-order valence-electron chi connectivity index (χ0n) is 32.5. The molecule has 0 saturated carbocycles. The van der Waals surface area contributed by atoms with E-state index in [1.807, 2.05) is 18.2 Å². The maximum Gasteiger partial charge on any atom is 0.213 e. The van der Waals surface area contributed by atoms with Gasteiger partial charge in [-0.3, -0.25) is 4.57 Å². The second kappa shape index (κ2) is 13.8. The van der Waals surface area contributed by atoms with Crippen LogP contribution in [0.5, 0.6) is 0 Å². The fraction of sp³-hybridized carbons (Fsp3) is 0. The summed E-state index contributed by atoms with van der Waals surface area (Å²) in [5.74, 6) is 0. The summed E-state index contributed by atoms with van der Waals surface area (Å²) in [6.07, 6.45) is 0. The SMILES string of the molecule is c1ccc(-c2ccc(N(c3ccc(-c4ccc5c6c7ccccc7oc6n(-c6ccccc6)c5c4)cc3)c3cccc4c3oc3c(-c5ccccc5)cccc34)cc2)cc1. The van der Waals surface area contributed by atoms with Crippen molar-refractivity contribution >= 4 is 72.0 Å². The first-order valence-corrected chi connectivity index (χ1v) is 20.3. The first-order valence-electron chi connectivity index (χ1n) is 20.3. The molecule has 0 aliphatic heterocycles. The highest BCUT2D eigenvalue weighted by molar-refractivity contribution is 6.20. The Morgan fingerprint density at radius 3 is 1.63 bits per heavy atom. The summed E-state index contributed by atoms with van der Waals surface area (Å²) < 4.78 is 15.8. The second-order valence-corrected chi connectivity index (χ2v) is 15.3. The predicted molar refractivity (Wildman–Crippen MR) is 249 cm³/mol. The van der Waals surface area contributed by atoms with Gasteiger partial charge in [0, 0.05) is 44.2 Å². The van der Waals surface area contributed by atoms with Crippen LogP contribution in [0.15, 0.2) is 227 Å². The standard InChI is InChI=1S/C56H36N2O2/c1-4-14-37(15-5-1)38-26-31-43(32-27-38)57(50-24-13-23-47-46-22-12-21-45(54(46)60-55(47)50)40-16-6-2-7-17-40)44-33-28-39(29-34-44)41-30-35-48-51(36-41)58(42-18-8-3-9-19-42)56-53(48)49-20-10-11-25-52(49)59-56/h1-36H. The lowest BCUT2D eigenvalue weighted by atomic mass is 10.0. The van der Waals surface area contributed by atoms with Crippen molar-refractivity contribution in [2.45, 2.75) is 0 Å². The van der Waals surface area contributed by atoms with Gasteiger partial charge in [-0.15, -0.1) is 0 Å². The molecule has 12 rings (SSSR count). The van der Waals surface area contributed by atoms with Gasteiger partial charge < -0.3 is 13.7 Å². The van der Waals surface area contributed by atoms with Crippen LogP contribution in [-0.4, -0.2) is 4.57 Å². The average Bonchev–Trinajstić information content (AvgIpc) is 3.99. The predicted octanol–water partition coefficient (Wildman–Crippen LogP) is 15.9. The number of aromatic nitrogens is 1. The summed E-state index contributed by atoms with van der Waals surface area (Å²) in [6.45, 7) is 0. The van der Waals surface area contributed by atoms with Crippen LogP contribution in [0.4, 0.5) is 17.1 Å². The molecule has 12 aromatic rings. The van der Waals surface area contributed by atoms with Gasteiger partial charge in [0.15, 0.2) is 5.58 Å². The van der Waals surface area contributed by atoms with Crippen LogP contribution >= 0.6 is 0 Å². The van der Waals surface area contributed by atoms with Crippen LogP contribution in [0.1, 0.15) is 0 Å². The molecule has 0 fully saturated rings. The van der Waals surface area contributed by atoms with E-state index < -0.39 is 0 Å². The smallest absolute Gasteiger partial charge is 0.213 e. The van der Waals surface area contributed by atoms with Crippen molar-refractivity contribution in [3.63, 3.8) is 0 Å². The number of hydrogen-bond acceptors (Lipinski definition) is 3. The minimum Gasteiger partial charge on any atom is -0.453 e. The molecule has 60 heavy (non-hydrogen) atoms. The Morgan fingerprint density at radius 2 is 0.917 bits per heavy atom. The van der Waals surface area contributed by atoms with Crippen molar-refractivity contribution in [2.75, 3.05) is 4.90 Å². The Balaban J connectivity index is 1.01. The summed E-state index contributed by atoms with van der Waals surface area (Å²) in [6, 6.07) is 77.2. The van der Waals surface area contributed by atoms with Gasteiger partial charge in [-0.2, -0.15) is 0 Å². The van der Waals surface area contributed by atoms with E-state index in [0.29, 0.717) is 0 Å². The van der Waals surface area contributed by atoms with E-state index in [9.17, 15) is 0 Å². The number of hydrogen-bond donors (Lipinski definition) is 0. The molecule has 0 unspecified atom stereocenters. The molecule has 0 spiro atoms. The Bertz CT molecular complexity index is 3510. The summed E-state index contributed by atoms with van der Waals surface area (Å²) in [7, 11) is 0. The number of furan rings is 2. The van der Waals surface area contributed by atoms with E-state index in [2.05, 4.69) is 210 Å². The number of fused-ring (bicyclic) bond motifs is 8. The van der Waals surface area contributed by atoms with E-state index >= 15 is 0 Å². The Morgan fingerprint density at radius 1 is 0.367 bits per heavy atom. The quantitative estimate of drug-likeness (QED) is 0.162. The second-order valence-electron chi connectivity index (χ2n) is 15.3.